The van der Waals surface area contributed by atoms with E-state index in [0.717, 1.165) is 13.1 Å². The summed E-state index contributed by atoms with van der Waals surface area (Å²) in [6.45, 7) is 6.38. The summed E-state index contributed by atoms with van der Waals surface area (Å²) in [5, 5.41) is 0. The van der Waals surface area contributed by atoms with Crippen LogP contribution in [0, 0.1) is 5.92 Å². The molecule has 2 N–H and O–H groups in total. The maximum atomic E-state index is 11.6. The third-order valence-electron chi connectivity index (χ3n) is 2.65. The van der Waals surface area contributed by atoms with E-state index in [1.807, 2.05) is 11.9 Å². The molecule has 4 heteroatoms. The summed E-state index contributed by atoms with van der Waals surface area (Å²) in [7, 11) is 1.85. The highest BCUT2D eigenvalue weighted by Gasteiger charge is 2.31. The van der Waals surface area contributed by atoms with Gasteiger partial charge in [0.25, 0.3) is 0 Å². The van der Waals surface area contributed by atoms with Crippen molar-refractivity contribution in [3.63, 3.8) is 0 Å². The zero-order valence-corrected chi connectivity index (χ0v) is 8.66. The normalized spacial score (nSPS) is 25.5. The van der Waals surface area contributed by atoms with Crippen LogP contribution in [0.5, 0.6) is 0 Å². The molecule has 2 atom stereocenters. The predicted molar refractivity (Wildman–Crippen MR) is 52.4 cm³/mol. The first-order chi connectivity index (χ1) is 6.06. The minimum absolute atomic E-state index is 0.132. The van der Waals surface area contributed by atoms with E-state index in [0.29, 0.717) is 18.5 Å². The number of nitrogens with two attached hydrogens (primary N) is 1. The van der Waals surface area contributed by atoms with E-state index in [-0.39, 0.29) is 6.03 Å². The van der Waals surface area contributed by atoms with Crippen LogP contribution < -0.4 is 5.73 Å². The Balaban J connectivity index is 2.49. The Morgan fingerprint density at radius 2 is 2.31 bits per heavy atom. The summed E-state index contributed by atoms with van der Waals surface area (Å²) < 4.78 is 0. The average molecular weight is 185 g/mol. The number of likely N-dealkylation sites (N-methyl/N-ethyl adjacent to an activating group) is 1. The molecule has 0 radical (unpaired) electrons. The van der Waals surface area contributed by atoms with E-state index in [1.54, 1.807) is 4.90 Å². The molecule has 1 aliphatic rings. The van der Waals surface area contributed by atoms with Crippen LogP contribution >= 0.6 is 0 Å². The molecule has 0 aliphatic carbocycles. The number of urea groups is 1. The van der Waals surface area contributed by atoms with Crippen LogP contribution in [0.4, 0.5) is 4.79 Å². The van der Waals surface area contributed by atoms with Crippen LogP contribution in [0.3, 0.4) is 0 Å². The molecule has 1 aliphatic heterocycles. The van der Waals surface area contributed by atoms with Gasteiger partial charge in [0.2, 0.25) is 0 Å². The van der Waals surface area contributed by atoms with Gasteiger partial charge in [-0.15, -0.1) is 0 Å². The lowest BCUT2D eigenvalue weighted by Crippen LogP contribution is -2.34. The number of carbonyl (C=O) groups excluding carboxylic acids is 1. The number of amides is 2. The second-order valence-electron chi connectivity index (χ2n) is 3.99. The Morgan fingerprint density at radius 3 is 2.69 bits per heavy atom. The second kappa shape index (κ2) is 3.96. The van der Waals surface area contributed by atoms with Crippen molar-refractivity contribution in [3.8, 4) is 0 Å². The smallest absolute Gasteiger partial charge is 0.320 e. The number of carbonyl (C=O) groups is 1. The summed E-state index contributed by atoms with van der Waals surface area (Å²) in [6.07, 6.45) is 0. The molecule has 0 saturated carbocycles. The number of rotatable bonds is 3. The van der Waals surface area contributed by atoms with Crippen LogP contribution in [-0.2, 0) is 0 Å². The monoisotopic (exact) mass is 185 g/mol. The summed E-state index contributed by atoms with van der Waals surface area (Å²) >= 11 is 0. The van der Waals surface area contributed by atoms with Crippen LogP contribution in [0.1, 0.15) is 13.8 Å². The molecule has 1 saturated heterocycles. The minimum atomic E-state index is 0.132. The molecule has 13 heavy (non-hydrogen) atoms. The fourth-order valence-electron chi connectivity index (χ4n) is 1.53. The molecular formula is C9H19N3O. The Kier molecular flexibility index (Phi) is 3.14. The molecule has 0 spiro atoms. The maximum Gasteiger partial charge on any atom is 0.320 e. The van der Waals surface area contributed by atoms with Gasteiger partial charge < -0.3 is 15.5 Å². The standard InChI is InChI=1S/C9H19N3O/c1-7(4-10)5-12-6-8(2)11(3)9(12)13/h7-8H,4-6,10H2,1-3H3. The van der Waals surface area contributed by atoms with Gasteiger partial charge in [0.05, 0.1) is 0 Å². The SMILES string of the molecule is CC(CN)CN1CC(C)N(C)C1=O. The molecule has 4 nitrogen and oxygen atoms in total. The summed E-state index contributed by atoms with van der Waals surface area (Å²) in [6, 6.07) is 0.463. The van der Waals surface area contributed by atoms with Crippen molar-refractivity contribution in [2.24, 2.45) is 11.7 Å². The fraction of sp³-hybridized carbons (Fsp3) is 0.889. The summed E-state index contributed by atoms with van der Waals surface area (Å²) in [5.74, 6) is 0.391. The molecule has 2 unspecified atom stereocenters. The zero-order chi connectivity index (χ0) is 10.0. The van der Waals surface area contributed by atoms with Crippen LogP contribution in [-0.4, -0.2) is 48.6 Å². The topological polar surface area (TPSA) is 49.6 Å². The highest BCUT2D eigenvalue weighted by molar-refractivity contribution is 5.76. The van der Waals surface area contributed by atoms with Crippen molar-refractivity contribution < 1.29 is 4.79 Å². The molecule has 0 aromatic rings. The third kappa shape index (κ3) is 2.12. The predicted octanol–water partition coefficient (Wildman–Crippen LogP) is 0.337. The third-order valence-corrected chi connectivity index (χ3v) is 2.65. The quantitative estimate of drug-likeness (QED) is 0.689. The fourth-order valence-corrected chi connectivity index (χ4v) is 1.53. The van der Waals surface area contributed by atoms with E-state index in [2.05, 4.69) is 13.8 Å². The van der Waals surface area contributed by atoms with Crippen molar-refractivity contribution in [1.29, 1.82) is 0 Å². The lowest BCUT2D eigenvalue weighted by molar-refractivity contribution is 0.191. The first kappa shape index (κ1) is 10.3. The van der Waals surface area contributed by atoms with Crippen molar-refractivity contribution in [1.82, 2.24) is 9.80 Å². The van der Waals surface area contributed by atoms with E-state index >= 15 is 0 Å². The average Bonchev–Trinajstić information content (AvgIpc) is 2.34. The lowest BCUT2D eigenvalue weighted by atomic mass is 10.2. The van der Waals surface area contributed by atoms with Gasteiger partial charge >= 0.3 is 6.03 Å². The molecular weight excluding hydrogens is 166 g/mol. The lowest BCUT2D eigenvalue weighted by Gasteiger charge is -2.19. The largest absolute Gasteiger partial charge is 0.330 e. The van der Waals surface area contributed by atoms with Crippen molar-refractivity contribution in [2.45, 2.75) is 19.9 Å². The second-order valence-corrected chi connectivity index (χ2v) is 3.99. The first-order valence-electron chi connectivity index (χ1n) is 4.78. The maximum absolute atomic E-state index is 11.6. The molecule has 2 amide bonds. The molecule has 1 heterocycles. The Bertz CT molecular complexity index is 195. The Labute approximate surface area is 79.7 Å². The van der Waals surface area contributed by atoms with Crippen molar-refractivity contribution >= 4 is 6.03 Å². The minimum Gasteiger partial charge on any atom is -0.330 e. The van der Waals surface area contributed by atoms with Crippen LogP contribution in [0.15, 0.2) is 0 Å². The highest BCUT2D eigenvalue weighted by Crippen LogP contribution is 2.14. The van der Waals surface area contributed by atoms with Gasteiger partial charge in [-0.1, -0.05) is 6.92 Å². The molecule has 0 aromatic carbocycles. The number of hydrogen-bond donors (Lipinski definition) is 1. The van der Waals surface area contributed by atoms with E-state index in [1.165, 1.54) is 0 Å². The van der Waals surface area contributed by atoms with Crippen molar-refractivity contribution in [2.75, 3.05) is 26.7 Å². The zero-order valence-electron chi connectivity index (χ0n) is 8.66. The number of hydrogen-bond acceptors (Lipinski definition) is 2. The van der Waals surface area contributed by atoms with Gasteiger partial charge in [-0.3, -0.25) is 0 Å². The van der Waals surface area contributed by atoms with Gasteiger partial charge in [-0.05, 0) is 19.4 Å². The van der Waals surface area contributed by atoms with Gasteiger partial charge in [-0.25, -0.2) is 4.79 Å². The van der Waals surface area contributed by atoms with Crippen LogP contribution in [0.25, 0.3) is 0 Å². The molecule has 0 aromatic heterocycles. The van der Waals surface area contributed by atoms with Gasteiger partial charge in [0.1, 0.15) is 0 Å². The highest BCUT2D eigenvalue weighted by atomic mass is 16.2. The molecule has 1 fully saturated rings. The Morgan fingerprint density at radius 1 is 1.69 bits per heavy atom. The summed E-state index contributed by atoms with van der Waals surface area (Å²) in [5.41, 5.74) is 5.51. The van der Waals surface area contributed by atoms with Gasteiger partial charge in [0.15, 0.2) is 0 Å². The van der Waals surface area contributed by atoms with Gasteiger partial charge in [-0.2, -0.15) is 0 Å². The van der Waals surface area contributed by atoms with E-state index < -0.39 is 0 Å². The molecule has 0 bridgehead atoms. The molecule has 1 rings (SSSR count). The van der Waals surface area contributed by atoms with Crippen LogP contribution in [0.2, 0.25) is 0 Å². The van der Waals surface area contributed by atoms with E-state index in [4.69, 9.17) is 5.73 Å². The summed E-state index contributed by atoms with van der Waals surface area (Å²) in [4.78, 5) is 15.2. The molecule has 76 valence electrons. The Hall–Kier alpha value is -0.770. The van der Waals surface area contributed by atoms with E-state index in [9.17, 15) is 4.79 Å². The first-order valence-corrected chi connectivity index (χ1v) is 4.78. The van der Waals surface area contributed by atoms with Gasteiger partial charge in [0, 0.05) is 26.2 Å². The van der Waals surface area contributed by atoms with Crippen molar-refractivity contribution in [3.05, 3.63) is 0 Å². The number of nitrogens with zero attached hydrogens (tertiary/aromatic N) is 2.